The Morgan fingerprint density at radius 2 is 2.06 bits per heavy atom. The minimum Gasteiger partial charge on any atom is -0.378 e. The maximum atomic E-state index is 5.35. The molecule has 1 aliphatic rings. The van der Waals surface area contributed by atoms with Crippen molar-refractivity contribution in [2.24, 2.45) is 0 Å². The minimum absolute atomic E-state index is 0.378. The lowest BCUT2D eigenvalue weighted by atomic mass is 10.1. The number of hydrogen-bond donors (Lipinski definition) is 0. The van der Waals surface area contributed by atoms with Crippen molar-refractivity contribution in [3.05, 3.63) is 16.5 Å². The fourth-order valence-corrected chi connectivity index (χ4v) is 2.07. The fraction of sp³-hybridized carbons (Fsp3) is 0.636. The lowest BCUT2D eigenvalue weighted by molar-refractivity contribution is 0.122. The van der Waals surface area contributed by atoms with Crippen molar-refractivity contribution in [3.63, 3.8) is 0 Å². The second kappa shape index (κ2) is 5.10. The molecule has 2 heterocycles. The summed E-state index contributed by atoms with van der Waals surface area (Å²) in [6.45, 7) is 7.62. The molecule has 5 heteroatoms. The molecule has 0 aliphatic carbocycles. The van der Waals surface area contributed by atoms with Gasteiger partial charge >= 0.3 is 0 Å². The summed E-state index contributed by atoms with van der Waals surface area (Å²) in [5, 5.41) is 0. The molecule has 0 unspecified atom stereocenters. The molecular weight excluding hydrogens is 270 g/mol. The van der Waals surface area contributed by atoms with Crippen LogP contribution in [0.1, 0.15) is 25.5 Å². The summed E-state index contributed by atoms with van der Waals surface area (Å²) in [5.74, 6) is 1.38. The summed E-state index contributed by atoms with van der Waals surface area (Å²) in [5.41, 5.74) is 1.05. The molecular formula is C11H16BrN3O. The van der Waals surface area contributed by atoms with Crippen LogP contribution in [0, 0.1) is 0 Å². The van der Waals surface area contributed by atoms with Gasteiger partial charge in [-0.15, -0.1) is 0 Å². The SMILES string of the molecule is CC(C)c1nc(Br)cnc1N1CCOCC1. The van der Waals surface area contributed by atoms with Gasteiger partial charge in [0, 0.05) is 13.1 Å². The van der Waals surface area contributed by atoms with Crippen LogP contribution in [-0.2, 0) is 4.74 Å². The summed E-state index contributed by atoms with van der Waals surface area (Å²) in [4.78, 5) is 11.3. The highest BCUT2D eigenvalue weighted by Gasteiger charge is 2.19. The van der Waals surface area contributed by atoms with E-state index in [1.165, 1.54) is 0 Å². The molecule has 4 nitrogen and oxygen atoms in total. The molecule has 1 aromatic heterocycles. The average molecular weight is 286 g/mol. The van der Waals surface area contributed by atoms with E-state index in [2.05, 4.69) is 44.6 Å². The topological polar surface area (TPSA) is 38.2 Å². The summed E-state index contributed by atoms with van der Waals surface area (Å²) >= 11 is 3.37. The van der Waals surface area contributed by atoms with Gasteiger partial charge in [0.15, 0.2) is 5.82 Å². The normalized spacial score (nSPS) is 16.9. The number of aromatic nitrogens is 2. The molecule has 88 valence electrons. The molecule has 0 radical (unpaired) electrons. The Morgan fingerprint density at radius 1 is 1.38 bits per heavy atom. The Bertz CT molecular complexity index is 364. The monoisotopic (exact) mass is 285 g/mol. The number of nitrogens with zero attached hydrogens (tertiary/aromatic N) is 3. The predicted molar refractivity (Wildman–Crippen MR) is 66.9 cm³/mol. The molecule has 1 saturated heterocycles. The lowest BCUT2D eigenvalue weighted by Crippen LogP contribution is -2.37. The second-order valence-corrected chi connectivity index (χ2v) is 4.97. The average Bonchev–Trinajstić information content (AvgIpc) is 2.30. The predicted octanol–water partition coefficient (Wildman–Crippen LogP) is 2.20. The van der Waals surface area contributed by atoms with Crippen LogP contribution in [0.15, 0.2) is 10.8 Å². The third-order valence-electron chi connectivity index (χ3n) is 2.61. The van der Waals surface area contributed by atoms with E-state index in [4.69, 9.17) is 4.74 Å². The molecule has 0 saturated carbocycles. The van der Waals surface area contributed by atoms with E-state index in [0.29, 0.717) is 5.92 Å². The van der Waals surface area contributed by atoms with Crippen LogP contribution in [-0.4, -0.2) is 36.3 Å². The Hall–Kier alpha value is -0.680. The fourth-order valence-electron chi connectivity index (χ4n) is 1.78. The number of halogens is 1. The van der Waals surface area contributed by atoms with Crippen molar-refractivity contribution in [1.82, 2.24) is 9.97 Å². The zero-order chi connectivity index (χ0) is 11.5. The third kappa shape index (κ3) is 2.52. The summed E-state index contributed by atoms with van der Waals surface area (Å²) in [6.07, 6.45) is 1.76. The van der Waals surface area contributed by atoms with Crippen LogP contribution in [0.3, 0.4) is 0 Å². The summed E-state index contributed by atoms with van der Waals surface area (Å²) in [7, 11) is 0. The van der Waals surface area contributed by atoms with Gasteiger partial charge in [-0.25, -0.2) is 9.97 Å². The zero-order valence-corrected chi connectivity index (χ0v) is 11.2. The van der Waals surface area contributed by atoms with Gasteiger partial charge in [-0.2, -0.15) is 0 Å². The number of anilines is 1. The molecule has 2 rings (SSSR count). The molecule has 0 aromatic carbocycles. The zero-order valence-electron chi connectivity index (χ0n) is 9.61. The first-order valence-electron chi connectivity index (χ1n) is 5.53. The van der Waals surface area contributed by atoms with E-state index >= 15 is 0 Å². The van der Waals surface area contributed by atoms with E-state index in [1.807, 2.05) is 0 Å². The van der Waals surface area contributed by atoms with E-state index in [9.17, 15) is 0 Å². The van der Waals surface area contributed by atoms with Gasteiger partial charge in [-0.1, -0.05) is 13.8 Å². The minimum atomic E-state index is 0.378. The molecule has 1 fully saturated rings. The molecule has 0 bridgehead atoms. The summed E-state index contributed by atoms with van der Waals surface area (Å²) < 4.78 is 6.15. The first-order chi connectivity index (χ1) is 7.68. The van der Waals surface area contributed by atoms with Crippen molar-refractivity contribution in [2.75, 3.05) is 31.2 Å². The number of hydrogen-bond acceptors (Lipinski definition) is 4. The number of morpholine rings is 1. The Balaban J connectivity index is 2.31. The molecule has 1 aromatic rings. The van der Waals surface area contributed by atoms with Crippen molar-refractivity contribution in [3.8, 4) is 0 Å². The molecule has 0 atom stereocenters. The van der Waals surface area contributed by atoms with Gasteiger partial charge in [0.1, 0.15) is 4.60 Å². The number of ether oxygens (including phenoxy) is 1. The van der Waals surface area contributed by atoms with Crippen LogP contribution in [0.2, 0.25) is 0 Å². The van der Waals surface area contributed by atoms with Crippen LogP contribution >= 0.6 is 15.9 Å². The van der Waals surface area contributed by atoms with Gasteiger partial charge in [0.2, 0.25) is 0 Å². The molecule has 16 heavy (non-hydrogen) atoms. The Kier molecular flexibility index (Phi) is 3.76. The van der Waals surface area contributed by atoms with Crippen molar-refractivity contribution < 1.29 is 4.74 Å². The number of rotatable bonds is 2. The quantitative estimate of drug-likeness (QED) is 0.835. The smallest absolute Gasteiger partial charge is 0.150 e. The van der Waals surface area contributed by atoms with Gasteiger partial charge in [0.05, 0.1) is 25.1 Å². The van der Waals surface area contributed by atoms with E-state index < -0.39 is 0 Å². The van der Waals surface area contributed by atoms with Crippen LogP contribution in [0.25, 0.3) is 0 Å². The van der Waals surface area contributed by atoms with Gasteiger partial charge in [0.25, 0.3) is 0 Å². The van der Waals surface area contributed by atoms with Crippen LogP contribution in [0.4, 0.5) is 5.82 Å². The van der Waals surface area contributed by atoms with Crippen molar-refractivity contribution in [2.45, 2.75) is 19.8 Å². The van der Waals surface area contributed by atoms with Crippen LogP contribution in [0.5, 0.6) is 0 Å². The molecule has 0 spiro atoms. The highest BCUT2D eigenvalue weighted by atomic mass is 79.9. The Morgan fingerprint density at radius 3 is 2.69 bits per heavy atom. The van der Waals surface area contributed by atoms with Gasteiger partial charge < -0.3 is 9.64 Å². The Labute approximate surface area is 104 Å². The summed E-state index contributed by atoms with van der Waals surface area (Å²) in [6, 6.07) is 0. The molecule has 0 amide bonds. The highest BCUT2D eigenvalue weighted by molar-refractivity contribution is 9.10. The van der Waals surface area contributed by atoms with Gasteiger partial charge in [-0.05, 0) is 21.8 Å². The van der Waals surface area contributed by atoms with E-state index in [1.54, 1.807) is 6.20 Å². The standard InChI is InChI=1S/C11H16BrN3O/c1-8(2)10-11(13-7-9(12)14-10)15-3-5-16-6-4-15/h7-8H,3-6H2,1-2H3. The highest BCUT2D eigenvalue weighted by Crippen LogP contribution is 2.25. The second-order valence-electron chi connectivity index (χ2n) is 4.16. The molecule has 1 aliphatic heterocycles. The maximum absolute atomic E-state index is 5.35. The maximum Gasteiger partial charge on any atom is 0.150 e. The first-order valence-corrected chi connectivity index (χ1v) is 6.33. The van der Waals surface area contributed by atoms with Gasteiger partial charge in [-0.3, -0.25) is 0 Å². The first kappa shape index (κ1) is 11.8. The third-order valence-corrected chi connectivity index (χ3v) is 2.99. The van der Waals surface area contributed by atoms with E-state index in [0.717, 1.165) is 42.4 Å². The van der Waals surface area contributed by atoms with Crippen LogP contribution < -0.4 is 4.90 Å². The largest absolute Gasteiger partial charge is 0.378 e. The van der Waals surface area contributed by atoms with Crippen molar-refractivity contribution in [1.29, 1.82) is 0 Å². The van der Waals surface area contributed by atoms with Crippen molar-refractivity contribution >= 4 is 21.7 Å². The lowest BCUT2D eigenvalue weighted by Gasteiger charge is -2.29. The molecule has 0 N–H and O–H groups in total. The van der Waals surface area contributed by atoms with E-state index in [-0.39, 0.29) is 0 Å².